The molecule has 23 heavy (non-hydrogen) atoms. The summed E-state index contributed by atoms with van der Waals surface area (Å²) in [5.74, 6) is 0. The highest BCUT2D eigenvalue weighted by atomic mass is 14.1. The minimum absolute atomic E-state index is 1.22. The summed E-state index contributed by atoms with van der Waals surface area (Å²) in [5.41, 5.74) is 5.02. The van der Waals surface area contributed by atoms with E-state index in [4.69, 9.17) is 0 Å². The zero-order chi connectivity index (χ0) is 15.5. The summed E-state index contributed by atoms with van der Waals surface area (Å²) in [5, 5.41) is 2.57. The highest BCUT2D eigenvalue weighted by Gasteiger charge is 2.08. The maximum atomic E-state index is 2.25. The van der Waals surface area contributed by atoms with E-state index in [1.807, 2.05) is 6.07 Å². The zero-order valence-electron chi connectivity index (χ0n) is 12.8. The molecule has 0 aliphatic rings. The minimum Gasteiger partial charge on any atom is -0.0622 e. The Morgan fingerprint density at radius 1 is 0.478 bits per heavy atom. The van der Waals surface area contributed by atoms with Crippen molar-refractivity contribution in [2.24, 2.45) is 0 Å². The number of hydrogen-bond donors (Lipinski definition) is 0. The van der Waals surface area contributed by atoms with Gasteiger partial charge in [-0.15, -0.1) is 0 Å². The van der Waals surface area contributed by atoms with E-state index in [-0.39, 0.29) is 0 Å². The Morgan fingerprint density at radius 2 is 1.13 bits per heavy atom. The van der Waals surface area contributed by atoms with Crippen LogP contribution in [0.4, 0.5) is 0 Å². The minimum atomic E-state index is 1.22. The number of fused-ring (bicyclic) bond motifs is 1. The maximum Gasteiger partial charge on any atom is 0.0205 e. The van der Waals surface area contributed by atoms with Crippen LogP contribution in [0.25, 0.3) is 21.9 Å². The Bertz CT molecular complexity index is 931. The standard InChI is InChI=1S/C23H17/c1-2-9-18(10-3-1)17-20-12-5-7-15-22(20)23-16-8-13-19-11-4-6-14-21(19)23/h1-17H. The van der Waals surface area contributed by atoms with Gasteiger partial charge in [-0.2, -0.15) is 0 Å². The van der Waals surface area contributed by atoms with Crippen molar-refractivity contribution in [1.82, 2.24) is 0 Å². The van der Waals surface area contributed by atoms with Gasteiger partial charge in [0.2, 0.25) is 0 Å². The molecule has 0 unspecified atom stereocenters. The van der Waals surface area contributed by atoms with Crippen LogP contribution in [0.1, 0.15) is 11.1 Å². The second-order valence-corrected chi connectivity index (χ2v) is 5.67. The van der Waals surface area contributed by atoms with Crippen LogP contribution in [0.3, 0.4) is 0 Å². The quantitative estimate of drug-likeness (QED) is 0.427. The van der Waals surface area contributed by atoms with E-state index in [2.05, 4.69) is 97.4 Å². The third-order valence-corrected chi connectivity index (χ3v) is 4.16. The summed E-state index contributed by atoms with van der Waals surface area (Å²) in [6, 6.07) is 34.2. The molecule has 0 spiro atoms. The van der Waals surface area contributed by atoms with Gasteiger partial charge in [0.05, 0.1) is 0 Å². The van der Waals surface area contributed by atoms with Crippen LogP contribution in [0.5, 0.6) is 0 Å². The second kappa shape index (κ2) is 6.10. The summed E-state index contributed by atoms with van der Waals surface area (Å²) < 4.78 is 0. The molecule has 0 saturated heterocycles. The highest BCUT2D eigenvalue weighted by molar-refractivity contribution is 5.97. The van der Waals surface area contributed by atoms with E-state index >= 15 is 0 Å². The summed E-state index contributed by atoms with van der Waals surface area (Å²) in [7, 11) is 0. The average molecular weight is 293 g/mol. The van der Waals surface area contributed by atoms with Gasteiger partial charge in [0.25, 0.3) is 0 Å². The van der Waals surface area contributed by atoms with Gasteiger partial charge in [-0.25, -0.2) is 0 Å². The fraction of sp³-hybridized carbons (Fsp3) is 0. The summed E-state index contributed by atoms with van der Waals surface area (Å²) in [4.78, 5) is 0. The molecule has 4 aromatic rings. The molecular formula is C23H17. The highest BCUT2D eigenvalue weighted by Crippen LogP contribution is 2.32. The SMILES string of the molecule is [CH](c1ccccc1)c1ccccc1-c1cccc2ccccc12. The van der Waals surface area contributed by atoms with Gasteiger partial charge in [0.15, 0.2) is 0 Å². The first-order valence-electron chi connectivity index (χ1n) is 7.89. The molecule has 0 fully saturated rings. The molecule has 0 aromatic heterocycles. The molecule has 4 rings (SSSR count). The Kier molecular flexibility index (Phi) is 3.65. The molecule has 0 heterocycles. The number of benzene rings is 4. The van der Waals surface area contributed by atoms with Gasteiger partial charge in [0.1, 0.15) is 0 Å². The molecule has 0 saturated carbocycles. The lowest BCUT2D eigenvalue weighted by molar-refractivity contribution is 1.43. The number of hydrogen-bond acceptors (Lipinski definition) is 0. The van der Waals surface area contributed by atoms with Crippen molar-refractivity contribution in [1.29, 1.82) is 0 Å². The van der Waals surface area contributed by atoms with Crippen LogP contribution in [-0.2, 0) is 0 Å². The molecule has 0 bridgehead atoms. The monoisotopic (exact) mass is 293 g/mol. The van der Waals surface area contributed by atoms with Crippen LogP contribution in [0.15, 0.2) is 97.1 Å². The van der Waals surface area contributed by atoms with Crippen LogP contribution >= 0.6 is 0 Å². The molecule has 0 atom stereocenters. The first kappa shape index (κ1) is 13.8. The molecule has 0 amide bonds. The van der Waals surface area contributed by atoms with Crippen molar-refractivity contribution in [2.75, 3.05) is 0 Å². The topological polar surface area (TPSA) is 0 Å². The van der Waals surface area contributed by atoms with Gasteiger partial charge in [-0.05, 0) is 33.0 Å². The molecule has 0 N–H and O–H groups in total. The van der Waals surface area contributed by atoms with Gasteiger partial charge in [-0.3, -0.25) is 0 Å². The van der Waals surface area contributed by atoms with E-state index < -0.39 is 0 Å². The third-order valence-electron chi connectivity index (χ3n) is 4.16. The van der Waals surface area contributed by atoms with Crippen LogP contribution < -0.4 is 0 Å². The smallest absolute Gasteiger partial charge is 0.0205 e. The van der Waals surface area contributed by atoms with Gasteiger partial charge >= 0.3 is 0 Å². The fourth-order valence-electron chi connectivity index (χ4n) is 3.06. The molecule has 0 heteroatoms. The van der Waals surface area contributed by atoms with Crippen molar-refractivity contribution in [3.63, 3.8) is 0 Å². The van der Waals surface area contributed by atoms with E-state index in [1.54, 1.807) is 0 Å². The van der Waals surface area contributed by atoms with Crippen molar-refractivity contribution in [3.8, 4) is 11.1 Å². The van der Waals surface area contributed by atoms with E-state index in [0.29, 0.717) is 0 Å². The summed E-state index contributed by atoms with van der Waals surface area (Å²) >= 11 is 0. The number of rotatable bonds is 3. The predicted molar refractivity (Wildman–Crippen MR) is 98.3 cm³/mol. The molecule has 0 aliphatic carbocycles. The molecule has 4 aromatic carbocycles. The van der Waals surface area contributed by atoms with E-state index in [9.17, 15) is 0 Å². The fourth-order valence-corrected chi connectivity index (χ4v) is 3.06. The molecule has 1 radical (unpaired) electrons. The lowest BCUT2D eigenvalue weighted by atomic mass is 9.92. The molecular weight excluding hydrogens is 276 g/mol. The summed E-state index contributed by atoms with van der Waals surface area (Å²) in [6.07, 6.45) is 2.25. The Labute approximate surface area is 137 Å². The van der Waals surface area contributed by atoms with Crippen LogP contribution in [-0.4, -0.2) is 0 Å². The van der Waals surface area contributed by atoms with Gasteiger partial charge in [-0.1, -0.05) is 97.1 Å². The molecule has 0 nitrogen and oxygen atoms in total. The largest absolute Gasteiger partial charge is 0.0622 e. The van der Waals surface area contributed by atoms with Crippen molar-refractivity contribution >= 4 is 10.8 Å². The van der Waals surface area contributed by atoms with Gasteiger partial charge < -0.3 is 0 Å². The predicted octanol–water partition coefficient (Wildman–Crippen LogP) is 6.11. The molecule has 109 valence electrons. The second-order valence-electron chi connectivity index (χ2n) is 5.67. The average Bonchev–Trinajstić information content (AvgIpc) is 2.63. The first-order chi connectivity index (χ1) is 11.4. The first-order valence-corrected chi connectivity index (χ1v) is 7.89. The van der Waals surface area contributed by atoms with Crippen molar-refractivity contribution in [3.05, 3.63) is 115 Å². The van der Waals surface area contributed by atoms with Crippen LogP contribution in [0.2, 0.25) is 0 Å². The summed E-state index contributed by atoms with van der Waals surface area (Å²) in [6.45, 7) is 0. The van der Waals surface area contributed by atoms with E-state index in [1.165, 1.54) is 33.0 Å². The normalized spacial score (nSPS) is 10.8. The lowest BCUT2D eigenvalue weighted by Gasteiger charge is -2.12. The van der Waals surface area contributed by atoms with Crippen LogP contribution in [0, 0.1) is 6.42 Å². The zero-order valence-corrected chi connectivity index (χ0v) is 12.8. The van der Waals surface area contributed by atoms with Gasteiger partial charge in [0, 0.05) is 6.42 Å². The Hall–Kier alpha value is -2.86. The molecule has 0 aliphatic heterocycles. The maximum absolute atomic E-state index is 2.25. The third kappa shape index (κ3) is 2.76. The Morgan fingerprint density at radius 3 is 2.04 bits per heavy atom. The van der Waals surface area contributed by atoms with Crippen molar-refractivity contribution in [2.45, 2.75) is 0 Å². The lowest BCUT2D eigenvalue weighted by Crippen LogP contribution is -1.90. The Balaban J connectivity index is 1.86. The van der Waals surface area contributed by atoms with E-state index in [0.717, 1.165) is 0 Å². The van der Waals surface area contributed by atoms with Crippen molar-refractivity contribution < 1.29 is 0 Å².